The molecule has 17 heavy (non-hydrogen) atoms. The molecule has 2 atom stereocenters. The van der Waals surface area contributed by atoms with Crippen molar-refractivity contribution in [1.82, 2.24) is 0 Å². The van der Waals surface area contributed by atoms with Gasteiger partial charge in [-0.05, 0) is 43.5 Å². The normalized spacial score (nSPS) is 14.6. The Labute approximate surface area is 110 Å². The van der Waals surface area contributed by atoms with Crippen LogP contribution in [0.4, 0.5) is 4.39 Å². The zero-order chi connectivity index (χ0) is 12.8. The van der Waals surface area contributed by atoms with Crippen LogP contribution in [0.15, 0.2) is 22.7 Å². The molecule has 0 radical (unpaired) electrons. The molecule has 1 N–H and O–H groups in total. The Kier molecular flexibility index (Phi) is 6.09. The van der Waals surface area contributed by atoms with E-state index in [-0.39, 0.29) is 11.9 Å². The van der Waals surface area contributed by atoms with E-state index in [9.17, 15) is 9.50 Å². The van der Waals surface area contributed by atoms with E-state index in [0.717, 1.165) is 10.9 Å². The summed E-state index contributed by atoms with van der Waals surface area (Å²) in [5.74, 6) is -0.271. The first kappa shape index (κ1) is 14.6. The van der Waals surface area contributed by atoms with Gasteiger partial charge in [0.2, 0.25) is 0 Å². The molecule has 0 bridgehead atoms. The zero-order valence-corrected chi connectivity index (χ0v) is 11.7. The summed E-state index contributed by atoms with van der Waals surface area (Å²) >= 11 is 3.29. The third-order valence-corrected chi connectivity index (χ3v) is 3.27. The first-order chi connectivity index (χ1) is 8.02. The molecule has 0 aliphatic heterocycles. The lowest BCUT2D eigenvalue weighted by Crippen LogP contribution is -2.15. The molecule has 0 aromatic heterocycles. The molecule has 2 nitrogen and oxygen atoms in total. The maximum absolute atomic E-state index is 13.4. The minimum atomic E-state index is -0.531. The average Bonchev–Trinajstić information content (AvgIpc) is 2.30. The lowest BCUT2D eigenvalue weighted by molar-refractivity contribution is 0.0849. The van der Waals surface area contributed by atoms with Crippen LogP contribution in [0.25, 0.3) is 0 Å². The molecule has 0 aliphatic rings. The molecule has 0 fully saturated rings. The number of ether oxygens (including phenoxy) is 1. The Morgan fingerprint density at radius 3 is 2.76 bits per heavy atom. The van der Waals surface area contributed by atoms with Crippen molar-refractivity contribution in [3.63, 3.8) is 0 Å². The topological polar surface area (TPSA) is 29.5 Å². The second-order valence-corrected chi connectivity index (χ2v) is 5.13. The number of hydrogen-bond donors (Lipinski definition) is 1. The van der Waals surface area contributed by atoms with Gasteiger partial charge in [-0.3, -0.25) is 0 Å². The maximum Gasteiger partial charge on any atom is 0.126 e. The highest BCUT2D eigenvalue weighted by Gasteiger charge is 2.11. The largest absolute Gasteiger partial charge is 0.393 e. The van der Waals surface area contributed by atoms with Crippen LogP contribution >= 0.6 is 15.9 Å². The van der Waals surface area contributed by atoms with E-state index in [4.69, 9.17) is 4.74 Å². The predicted molar refractivity (Wildman–Crippen MR) is 69.5 cm³/mol. The summed E-state index contributed by atoms with van der Waals surface area (Å²) < 4.78 is 19.4. The van der Waals surface area contributed by atoms with E-state index in [1.54, 1.807) is 19.2 Å². The van der Waals surface area contributed by atoms with Gasteiger partial charge in [0.15, 0.2) is 0 Å². The summed E-state index contributed by atoms with van der Waals surface area (Å²) in [5, 5.41) is 9.82. The van der Waals surface area contributed by atoms with Crippen molar-refractivity contribution in [2.45, 2.75) is 38.4 Å². The van der Waals surface area contributed by atoms with E-state index in [1.165, 1.54) is 6.07 Å². The van der Waals surface area contributed by atoms with Gasteiger partial charge in [0.1, 0.15) is 5.82 Å². The summed E-state index contributed by atoms with van der Waals surface area (Å²) in [6.45, 7) is 1.95. The van der Waals surface area contributed by atoms with Crippen molar-refractivity contribution in [2.75, 3.05) is 7.11 Å². The van der Waals surface area contributed by atoms with Crippen LogP contribution in [-0.4, -0.2) is 24.4 Å². The Morgan fingerprint density at radius 1 is 1.41 bits per heavy atom. The van der Waals surface area contributed by atoms with E-state index in [2.05, 4.69) is 15.9 Å². The molecule has 0 saturated heterocycles. The number of hydrogen-bond acceptors (Lipinski definition) is 2. The third-order valence-electron chi connectivity index (χ3n) is 2.77. The van der Waals surface area contributed by atoms with Crippen LogP contribution < -0.4 is 0 Å². The molecule has 96 valence electrons. The number of aliphatic hydroxyl groups is 1. The summed E-state index contributed by atoms with van der Waals surface area (Å²) in [6.07, 6.45) is 1.31. The standard InChI is InChI=1S/C13H18BrFO2/c1-9(17-2)3-5-12(16)8-10-7-11(14)4-6-13(10)15/h4,6-7,9,12,16H,3,5,8H2,1-2H3. The number of methoxy groups -OCH3 is 1. The van der Waals surface area contributed by atoms with Crippen molar-refractivity contribution < 1.29 is 14.2 Å². The second-order valence-electron chi connectivity index (χ2n) is 4.22. The van der Waals surface area contributed by atoms with E-state index in [1.807, 2.05) is 6.92 Å². The molecule has 0 spiro atoms. The highest BCUT2D eigenvalue weighted by atomic mass is 79.9. The summed E-state index contributed by atoms with van der Waals surface area (Å²) in [7, 11) is 1.64. The molecule has 0 aliphatic carbocycles. The SMILES string of the molecule is COC(C)CCC(O)Cc1cc(Br)ccc1F. The third kappa shape index (κ3) is 5.15. The van der Waals surface area contributed by atoms with Gasteiger partial charge in [-0.2, -0.15) is 0 Å². The van der Waals surface area contributed by atoms with Gasteiger partial charge in [-0.25, -0.2) is 4.39 Å². The zero-order valence-electron chi connectivity index (χ0n) is 10.1. The minimum Gasteiger partial charge on any atom is -0.393 e. The Morgan fingerprint density at radius 2 is 2.12 bits per heavy atom. The van der Waals surface area contributed by atoms with Crippen molar-refractivity contribution in [2.24, 2.45) is 0 Å². The van der Waals surface area contributed by atoms with E-state index in [0.29, 0.717) is 18.4 Å². The van der Waals surface area contributed by atoms with Crippen LogP contribution in [0, 0.1) is 5.82 Å². The number of halogens is 2. The highest BCUT2D eigenvalue weighted by molar-refractivity contribution is 9.10. The summed E-state index contributed by atoms with van der Waals surface area (Å²) in [4.78, 5) is 0. The van der Waals surface area contributed by atoms with Crippen molar-refractivity contribution >= 4 is 15.9 Å². The summed E-state index contributed by atoms with van der Waals surface area (Å²) in [6, 6.07) is 4.76. The molecule has 4 heteroatoms. The fourth-order valence-electron chi connectivity index (χ4n) is 1.60. The number of rotatable bonds is 6. The van der Waals surface area contributed by atoms with Gasteiger partial charge in [0.25, 0.3) is 0 Å². The van der Waals surface area contributed by atoms with Crippen molar-refractivity contribution in [3.05, 3.63) is 34.1 Å². The average molecular weight is 305 g/mol. The number of aliphatic hydroxyl groups excluding tert-OH is 1. The van der Waals surface area contributed by atoms with Crippen LogP contribution in [0.2, 0.25) is 0 Å². The maximum atomic E-state index is 13.4. The Balaban J connectivity index is 2.50. The van der Waals surface area contributed by atoms with Crippen LogP contribution in [-0.2, 0) is 11.2 Å². The van der Waals surface area contributed by atoms with Crippen molar-refractivity contribution in [3.8, 4) is 0 Å². The molecule has 2 unspecified atom stereocenters. The van der Waals surface area contributed by atoms with Crippen molar-refractivity contribution in [1.29, 1.82) is 0 Å². The molecular formula is C13H18BrFO2. The predicted octanol–water partition coefficient (Wildman–Crippen LogP) is 3.31. The molecule has 0 amide bonds. The quantitative estimate of drug-likeness (QED) is 0.874. The molecular weight excluding hydrogens is 287 g/mol. The Hall–Kier alpha value is -0.450. The lowest BCUT2D eigenvalue weighted by Gasteiger charge is -2.14. The molecule has 0 saturated carbocycles. The monoisotopic (exact) mass is 304 g/mol. The van der Waals surface area contributed by atoms with Gasteiger partial charge >= 0.3 is 0 Å². The minimum absolute atomic E-state index is 0.122. The molecule has 0 heterocycles. The first-order valence-electron chi connectivity index (χ1n) is 5.67. The Bertz CT molecular complexity index is 357. The molecule has 1 rings (SSSR count). The van der Waals surface area contributed by atoms with Crippen LogP contribution in [0.5, 0.6) is 0 Å². The van der Waals surface area contributed by atoms with Gasteiger partial charge in [0.05, 0.1) is 12.2 Å². The van der Waals surface area contributed by atoms with E-state index >= 15 is 0 Å². The first-order valence-corrected chi connectivity index (χ1v) is 6.47. The molecule has 1 aromatic carbocycles. The van der Waals surface area contributed by atoms with Crippen LogP contribution in [0.3, 0.4) is 0 Å². The van der Waals surface area contributed by atoms with Gasteiger partial charge in [0, 0.05) is 18.0 Å². The summed E-state index contributed by atoms with van der Waals surface area (Å²) in [5.41, 5.74) is 0.539. The van der Waals surface area contributed by atoms with E-state index < -0.39 is 6.10 Å². The smallest absolute Gasteiger partial charge is 0.126 e. The van der Waals surface area contributed by atoms with Gasteiger partial charge in [-0.1, -0.05) is 15.9 Å². The highest BCUT2D eigenvalue weighted by Crippen LogP contribution is 2.18. The van der Waals surface area contributed by atoms with Gasteiger partial charge in [-0.15, -0.1) is 0 Å². The van der Waals surface area contributed by atoms with Crippen LogP contribution in [0.1, 0.15) is 25.3 Å². The fourth-order valence-corrected chi connectivity index (χ4v) is 2.01. The fraction of sp³-hybridized carbons (Fsp3) is 0.538. The lowest BCUT2D eigenvalue weighted by atomic mass is 10.0. The second kappa shape index (κ2) is 7.09. The molecule has 1 aromatic rings. The van der Waals surface area contributed by atoms with Gasteiger partial charge < -0.3 is 9.84 Å². The number of benzene rings is 1.